The number of nitrogen functional groups attached to an aromatic ring is 1. The highest BCUT2D eigenvalue weighted by molar-refractivity contribution is 5.58. The summed E-state index contributed by atoms with van der Waals surface area (Å²) in [4.78, 5) is 17.8. The molecule has 0 bridgehead atoms. The molecule has 0 aliphatic heterocycles. The fourth-order valence-corrected chi connectivity index (χ4v) is 2.64. The van der Waals surface area contributed by atoms with E-state index in [2.05, 4.69) is 22.2 Å². The van der Waals surface area contributed by atoms with E-state index in [1.165, 1.54) is 38.4 Å². The number of nitrogens with one attached hydrogen (secondary N) is 2. The van der Waals surface area contributed by atoms with Crippen molar-refractivity contribution in [2.24, 2.45) is 11.8 Å². The molecule has 0 aromatic carbocycles. The minimum absolute atomic E-state index is 0.180. The van der Waals surface area contributed by atoms with Crippen LogP contribution >= 0.6 is 0 Å². The second kappa shape index (κ2) is 5.89. The average Bonchev–Trinajstić information content (AvgIpc) is 2.41. The number of aromatic amines is 1. The SMILES string of the molecule is CCC1CCC(CNc2nc[nH]c(=O)c2N)CC1. The minimum atomic E-state index is -0.276. The third-order valence-electron chi connectivity index (χ3n) is 3.99. The van der Waals surface area contributed by atoms with Crippen LogP contribution in [0.4, 0.5) is 11.5 Å². The summed E-state index contributed by atoms with van der Waals surface area (Å²) in [5, 5.41) is 3.20. The van der Waals surface area contributed by atoms with Crippen molar-refractivity contribution in [2.75, 3.05) is 17.6 Å². The molecule has 1 aliphatic rings. The molecule has 0 spiro atoms. The maximum absolute atomic E-state index is 11.3. The van der Waals surface area contributed by atoms with Crippen molar-refractivity contribution in [3.63, 3.8) is 0 Å². The van der Waals surface area contributed by atoms with Crippen molar-refractivity contribution in [2.45, 2.75) is 39.0 Å². The Balaban J connectivity index is 1.85. The van der Waals surface area contributed by atoms with Gasteiger partial charge in [-0.25, -0.2) is 4.98 Å². The van der Waals surface area contributed by atoms with Crippen LogP contribution in [0.2, 0.25) is 0 Å². The molecule has 0 amide bonds. The molecule has 2 rings (SSSR count). The van der Waals surface area contributed by atoms with Crippen molar-refractivity contribution in [3.05, 3.63) is 16.7 Å². The molecular weight excluding hydrogens is 228 g/mol. The van der Waals surface area contributed by atoms with Gasteiger partial charge in [0.2, 0.25) is 0 Å². The first-order valence-electron chi connectivity index (χ1n) is 6.77. The van der Waals surface area contributed by atoms with Gasteiger partial charge < -0.3 is 16.0 Å². The standard InChI is InChI=1S/C13H22N4O/c1-2-9-3-5-10(6-4-9)7-15-12-11(14)13(18)17-8-16-12/h8-10H,2-7,14H2,1H3,(H2,15,16,17,18). The topological polar surface area (TPSA) is 83.8 Å². The first kappa shape index (κ1) is 12.9. The van der Waals surface area contributed by atoms with Gasteiger partial charge in [-0.1, -0.05) is 26.2 Å². The van der Waals surface area contributed by atoms with Crippen LogP contribution in [0.3, 0.4) is 0 Å². The molecule has 0 saturated heterocycles. The Kier molecular flexibility index (Phi) is 4.23. The van der Waals surface area contributed by atoms with E-state index in [-0.39, 0.29) is 11.2 Å². The number of H-pyrrole nitrogens is 1. The van der Waals surface area contributed by atoms with Gasteiger partial charge >= 0.3 is 0 Å². The fourth-order valence-electron chi connectivity index (χ4n) is 2.64. The van der Waals surface area contributed by atoms with Gasteiger partial charge in [-0.2, -0.15) is 0 Å². The quantitative estimate of drug-likeness (QED) is 0.763. The number of rotatable bonds is 4. The number of aromatic nitrogens is 2. The lowest BCUT2D eigenvalue weighted by molar-refractivity contribution is 0.278. The van der Waals surface area contributed by atoms with Crippen LogP contribution in [0, 0.1) is 11.8 Å². The molecule has 5 nitrogen and oxygen atoms in total. The van der Waals surface area contributed by atoms with Crippen LogP contribution in [0.1, 0.15) is 39.0 Å². The van der Waals surface area contributed by atoms with Crippen LogP contribution < -0.4 is 16.6 Å². The highest BCUT2D eigenvalue weighted by Gasteiger charge is 2.20. The zero-order valence-corrected chi connectivity index (χ0v) is 10.9. The zero-order valence-electron chi connectivity index (χ0n) is 10.9. The van der Waals surface area contributed by atoms with E-state index in [0.29, 0.717) is 11.7 Å². The smallest absolute Gasteiger partial charge is 0.276 e. The average molecular weight is 250 g/mol. The van der Waals surface area contributed by atoms with Crippen LogP contribution in [-0.2, 0) is 0 Å². The van der Waals surface area contributed by atoms with E-state index in [9.17, 15) is 4.79 Å². The molecule has 100 valence electrons. The lowest BCUT2D eigenvalue weighted by Crippen LogP contribution is -2.23. The van der Waals surface area contributed by atoms with Gasteiger partial charge in [0.25, 0.3) is 5.56 Å². The molecule has 4 N–H and O–H groups in total. The van der Waals surface area contributed by atoms with E-state index in [0.717, 1.165) is 12.5 Å². The number of nitrogens with zero attached hydrogens (tertiary/aromatic N) is 1. The summed E-state index contributed by atoms with van der Waals surface area (Å²) in [7, 11) is 0. The first-order valence-corrected chi connectivity index (χ1v) is 6.77. The van der Waals surface area contributed by atoms with Gasteiger partial charge in [0.15, 0.2) is 5.82 Å². The third-order valence-corrected chi connectivity index (χ3v) is 3.99. The second-order valence-corrected chi connectivity index (χ2v) is 5.17. The van der Waals surface area contributed by atoms with Crippen molar-refractivity contribution in [1.29, 1.82) is 0 Å². The summed E-state index contributed by atoms with van der Waals surface area (Å²) < 4.78 is 0. The Morgan fingerprint density at radius 1 is 1.39 bits per heavy atom. The molecule has 1 aliphatic carbocycles. The number of anilines is 2. The Morgan fingerprint density at radius 3 is 2.72 bits per heavy atom. The molecule has 0 unspecified atom stereocenters. The number of nitrogens with two attached hydrogens (primary N) is 1. The third kappa shape index (κ3) is 3.03. The van der Waals surface area contributed by atoms with Gasteiger partial charge in [0, 0.05) is 6.54 Å². The fraction of sp³-hybridized carbons (Fsp3) is 0.692. The molecule has 5 heteroatoms. The Hall–Kier alpha value is -1.52. The normalized spacial score (nSPS) is 23.8. The summed E-state index contributed by atoms with van der Waals surface area (Å²) in [6, 6.07) is 0. The molecule has 1 aromatic rings. The van der Waals surface area contributed by atoms with E-state index >= 15 is 0 Å². The minimum Gasteiger partial charge on any atom is -0.391 e. The lowest BCUT2D eigenvalue weighted by atomic mass is 9.81. The number of hydrogen-bond donors (Lipinski definition) is 3. The predicted octanol–water partition coefficient (Wildman–Crippen LogP) is 1.98. The zero-order chi connectivity index (χ0) is 13.0. The van der Waals surface area contributed by atoms with Gasteiger partial charge in [-0.05, 0) is 24.7 Å². The Bertz CT molecular complexity index is 435. The van der Waals surface area contributed by atoms with Crippen molar-refractivity contribution in [3.8, 4) is 0 Å². The van der Waals surface area contributed by atoms with E-state index in [1.807, 2.05) is 0 Å². The van der Waals surface area contributed by atoms with Crippen LogP contribution in [-0.4, -0.2) is 16.5 Å². The first-order chi connectivity index (χ1) is 8.70. The molecule has 1 heterocycles. The van der Waals surface area contributed by atoms with Gasteiger partial charge in [0.1, 0.15) is 5.69 Å². The molecule has 0 radical (unpaired) electrons. The highest BCUT2D eigenvalue weighted by atomic mass is 16.1. The second-order valence-electron chi connectivity index (χ2n) is 5.17. The van der Waals surface area contributed by atoms with E-state index in [4.69, 9.17) is 5.73 Å². The molecular formula is C13H22N4O. The van der Waals surface area contributed by atoms with Crippen LogP contribution in [0.5, 0.6) is 0 Å². The van der Waals surface area contributed by atoms with E-state index < -0.39 is 0 Å². The molecule has 1 saturated carbocycles. The van der Waals surface area contributed by atoms with Crippen molar-refractivity contribution in [1.82, 2.24) is 9.97 Å². The Morgan fingerprint density at radius 2 is 2.06 bits per heavy atom. The maximum atomic E-state index is 11.3. The summed E-state index contributed by atoms with van der Waals surface area (Å²) in [6.07, 6.45) is 7.84. The lowest BCUT2D eigenvalue weighted by Gasteiger charge is -2.28. The predicted molar refractivity (Wildman–Crippen MR) is 73.5 cm³/mol. The van der Waals surface area contributed by atoms with Gasteiger partial charge in [-0.3, -0.25) is 4.79 Å². The number of hydrogen-bond acceptors (Lipinski definition) is 4. The largest absolute Gasteiger partial charge is 0.391 e. The molecule has 18 heavy (non-hydrogen) atoms. The van der Waals surface area contributed by atoms with Crippen LogP contribution in [0.15, 0.2) is 11.1 Å². The molecule has 0 atom stereocenters. The van der Waals surface area contributed by atoms with Gasteiger partial charge in [-0.15, -0.1) is 0 Å². The summed E-state index contributed by atoms with van der Waals surface area (Å²) >= 11 is 0. The van der Waals surface area contributed by atoms with E-state index in [1.54, 1.807) is 0 Å². The highest BCUT2D eigenvalue weighted by Crippen LogP contribution is 2.30. The monoisotopic (exact) mass is 250 g/mol. The maximum Gasteiger partial charge on any atom is 0.276 e. The Labute approximate surface area is 107 Å². The van der Waals surface area contributed by atoms with Gasteiger partial charge in [0.05, 0.1) is 6.33 Å². The van der Waals surface area contributed by atoms with Crippen molar-refractivity contribution >= 4 is 11.5 Å². The summed E-state index contributed by atoms with van der Waals surface area (Å²) in [6.45, 7) is 3.13. The van der Waals surface area contributed by atoms with Crippen molar-refractivity contribution < 1.29 is 0 Å². The molecule has 1 fully saturated rings. The summed E-state index contributed by atoms with van der Waals surface area (Å²) in [5.41, 5.74) is 5.58. The summed E-state index contributed by atoms with van der Waals surface area (Å²) in [5.74, 6) is 2.09. The van der Waals surface area contributed by atoms with Crippen LogP contribution in [0.25, 0.3) is 0 Å². The molecule has 1 aromatic heterocycles.